The minimum atomic E-state index is -0.132. The predicted octanol–water partition coefficient (Wildman–Crippen LogP) is 6.89. The van der Waals surface area contributed by atoms with Gasteiger partial charge in [0.2, 0.25) is 0 Å². The van der Waals surface area contributed by atoms with E-state index in [2.05, 4.69) is 80.2 Å². The average Bonchev–Trinajstić information content (AvgIpc) is 3.34. The van der Waals surface area contributed by atoms with Crippen LogP contribution in [0.2, 0.25) is 0 Å². The minimum Gasteiger partial charge on any atom is -0.300 e. The molecule has 0 saturated carbocycles. The molecule has 5 aromatic rings. The van der Waals surface area contributed by atoms with Crippen LogP contribution in [0.3, 0.4) is 0 Å². The molecule has 6 rings (SSSR count). The van der Waals surface area contributed by atoms with Crippen molar-refractivity contribution in [2.24, 2.45) is 0 Å². The highest BCUT2D eigenvalue weighted by atomic mass is 16.1. The average molecular weight is 459 g/mol. The van der Waals surface area contributed by atoms with Crippen LogP contribution in [-0.2, 0) is 0 Å². The number of allylic oxidation sites excluding steroid dienone is 2. The van der Waals surface area contributed by atoms with Crippen molar-refractivity contribution in [3.63, 3.8) is 0 Å². The van der Waals surface area contributed by atoms with Crippen LogP contribution in [0.15, 0.2) is 67.0 Å². The first-order valence-electron chi connectivity index (χ1n) is 11.9. The standard InChI is InChI=1S/C31H26N2O2/c1-17-12-19(3)28(20(4)13-17)32-10-11-33-29-21(5)14-18(2)15-24(29)27(31(32)33)25-16-26(34)22-8-6-7-9-23(22)30(25)35/h6-16H,1-5H3. The quantitative estimate of drug-likeness (QED) is 0.289. The zero-order chi connectivity index (χ0) is 24.6. The van der Waals surface area contributed by atoms with Gasteiger partial charge in [-0.05, 0) is 63.5 Å². The molecule has 4 nitrogen and oxygen atoms in total. The number of imidazole rings is 1. The molecule has 0 aliphatic heterocycles. The zero-order valence-electron chi connectivity index (χ0n) is 20.6. The van der Waals surface area contributed by atoms with Crippen molar-refractivity contribution in [1.29, 1.82) is 0 Å². The van der Waals surface area contributed by atoms with Crippen molar-refractivity contribution in [3.8, 4) is 5.69 Å². The predicted molar refractivity (Wildman–Crippen MR) is 141 cm³/mol. The Kier molecular flexibility index (Phi) is 4.52. The molecule has 0 bridgehead atoms. The van der Waals surface area contributed by atoms with Gasteiger partial charge in [-0.15, -0.1) is 0 Å². The Morgan fingerprint density at radius 2 is 1.34 bits per heavy atom. The van der Waals surface area contributed by atoms with Crippen molar-refractivity contribution < 1.29 is 9.59 Å². The molecule has 0 radical (unpaired) electrons. The normalized spacial score (nSPS) is 13.6. The summed E-state index contributed by atoms with van der Waals surface area (Å²) in [5, 5.41) is 0.987. The number of nitrogens with zero attached hydrogens (tertiary/aromatic N) is 2. The molecule has 2 heterocycles. The summed E-state index contributed by atoms with van der Waals surface area (Å²) in [7, 11) is 0. The highest BCUT2D eigenvalue weighted by Crippen LogP contribution is 2.40. The lowest BCUT2D eigenvalue weighted by Crippen LogP contribution is -2.16. The van der Waals surface area contributed by atoms with Crippen molar-refractivity contribution >= 4 is 33.7 Å². The molecule has 0 spiro atoms. The first kappa shape index (κ1) is 21.4. The monoisotopic (exact) mass is 458 g/mol. The molecule has 0 fully saturated rings. The number of aromatic nitrogens is 2. The summed E-state index contributed by atoms with van der Waals surface area (Å²) in [6.07, 6.45) is 5.65. The molecule has 4 heteroatoms. The first-order chi connectivity index (χ1) is 16.8. The summed E-state index contributed by atoms with van der Waals surface area (Å²) < 4.78 is 4.34. The summed E-state index contributed by atoms with van der Waals surface area (Å²) in [6.45, 7) is 10.5. The van der Waals surface area contributed by atoms with Gasteiger partial charge in [0.05, 0.1) is 11.2 Å². The molecular formula is C31H26N2O2. The van der Waals surface area contributed by atoms with E-state index in [1.54, 1.807) is 18.2 Å². The third kappa shape index (κ3) is 2.99. The third-order valence-corrected chi connectivity index (χ3v) is 7.10. The van der Waals surface area contributed by atoms with E-state index in [4.69, 9.17) is 0 Å². The number of carbonyl (C=O) groups excluding carboxylic acids is 2. The van der Waals surface area contributed by atoms with Crippen LogP contribution >= 0.6 is 0 Å². The van der Waals surface area contributed by atoms with Crippen LogP contribution < -0.4 is 0 Å². The van der Waals surface area contributed by atoms with Crippen molar-refractivity contribution in [1.82, 2.24) is 8.97 Å². The van der Waals surface area contributed by atoms with Gasteiger partial charge in [-0.2, -0.15) is 0 Å². The molecule has 0 unspecified atom stereocenters. The van der Waals surface area contributed by atoms with E-state index in [-0.39, 0.29) is 11.6 Å². The molecule has 2 aromatic heterocycles. The molecule has 0 atom stereocenters. The molecule has 35 heavy (non-hydrogen) atoms. The Morgan fingerprint density at radius 1 is 0.714 bits per heavy atom. The Labute approximate surface area is 204 Å². The third-order valence-electron chi connectivity index (χ3n) is 7.10. The minimum absolute atomic E-state index is 0.112. The maximum absolute atomic E-state index is 13.8. The number of carbonyl (C=O) groups is 2. The van der Waals surface area contributed by atoms with E-state index in [9.17, 15) is 9.59 Å². The second-order valence-corrected chi connectivity index (χ2v) is 9.76. The van der Waals surface area contributed by atoms with E-state index in [0.29, 0.717) is 16.7 Å². The number of rotatable bonds is 2. The van der Waals surface area contributed by atoms with Gasteiger partial charge < -0.3 is 8.97 Å². The number of benzene rings is 3. The molecular weight excluding hydrogens is 432 g/mol. The SMILES string of the molecule is Cc1cc(C)c(-n2ccn3c4c(C)cc(C)cc4c(C4=CC(=O)c5ccccc5C4=O)c23)c(C)c1. The van der Waals surface area contributed by atoms with E-state index in [1.807, 2.05) is 6.07 Å². The summed E-state index contributed by atoms with van der Waals surface area (Å²) in [5.74, 6) is -0.244. The Morgan fingerprint density at radius 3 is 2.06 bits per heavy atom. The van der Waals surface area contributed by atoms with Crippen LogP contribution in [0, 0.1) is 34.6 Å². The molecule has 3 aromatic carbocycles. The summed E-state index contributed by atoms with van der Waals surface area (Å²) >= 11 is 0. The summed E-state index contributed by atoms with van der Waals surface area (Å²) in [5.41, 5.74) is 11.0. The second kappa shape index (κ2) is 7.41. The molecule has 0 saturated heterocycles. The van der Waals surface area contributed by atoms with Gasteiger partial charge in [0, 0.05) is 40.0 Å². The van der Waals surface area contributed by atoms with Crippen molar-refractivity contribution in [2.75, 3.05) is 0 Å². The maximum Gasteiger partial charge on any atom is 0.194 e. The van der Waals surface area contributed by atoms with Crippen LogP contribution in [0.1, 0.15) is 54.1 Å². The van der Waals surface area contributed by atoms with Gasteiger partial charge in [-0.25, -0.2) is 0 Å². The lowest BCUT2D eigenvalue weighted by Gasteiger charge is -2.17. The zero-order valence-corrected chi connectivity index (χ0v) is 20.6. The van der Waals surface area contributed by atoms with Gasteiger partial charge in [0.15, 0.2) is 11.6 Å². The molecule has 1 aliphatic rings. The summed E-state index contributed by atoms with van der Waals surface area (Å²) in [4.78, 5) is 27.0. The van der Waals surface area contributed by atoms with Gasteiger partial charge in [0.25, 0.3) is 0 Å². The number of hydrogen-bond acceptors (Lipinski definition) is 2. The fourth-order valence-corrected chi connectivity index (χ4v) is 5.90. The maximum atomic E-state index is 13.8. The fraction of sp³-hybridized carbons (Fsp3) is 0.161. The van der Waals surface area contributed by atoms with Crippen LogP contribution in [0.25, 0.3) is 27.8 Å². The molecule has 172 valence electrons. The fourth-order valence-electron chi connectivity index (χ4n) is 5.90. The van der Waals surface area contributed by atoms with Crippen molar-refractivity contribution in [2.45, 2.75) is 34.6 Å². The van der Waals surface area contributed by atoms with Crippen LogP contribution in [-0.4, -0.2) is 20.5 Å². The summed E-state index contributed by atoms with van der Waals surface area (Å²) in [6, 6.07) is 15.8. The largest absolute Gasteiger partial charge is 0.300 e. The van der Waals surface area contributed by atoms with E-state index < -0.39 is 0 Å². The number of aryl methyl sites for hydroxylation is 5. The second-order valence-electron chi connectivity index (χ2n) is 9.76. The Bertz CT molecular complexity index is 1750. The van der Waals surface area contributed by atoms with Gasteiger partial charge in [0.1, 0.15) is 5.65 Å². The number of hydrogen-bond donors (Lipinski definition) is 0. The van der Waals surface area contributed by atoms with Gasteiger partial charge >= 0.3 is 0 Å². The molecule has 0 N–H and O–H groups in total. The highest BCUT2D eigenvalue weighted by Gasteiger charge is 2.31. The van der Waals surface area contributed by atoms with Gasteiger partial charge in [-0.3, -0.25) is 9.59 Å². The van der Waals surface area contributed by atoms with Crippen molar-refractivity contribution in [3.05, 3.63) is 112 Å². The number of fused-ring (bicyclic) bond motifs is 4. The smallest absolute Gasteiger partial charge is 0.194 e. The van der Waals surface area contributed by atoms with E-state index in [0.717, 1.165) is 50.1 Å². The number of ketones is 2. The van der Waals surface area contributed by atoms with E-state index >= 15 is 0 Å². The molecule has 0 amide bonds. The highest BCUT2D eigenvalue weighted by molar-refractivity contribution is 6.41. The topological polar surface area (TPSA) is 43.5 Å². The Balaban J connectivity index is 1.77. The number of Topliss-reactive ketones (excluding diaryl/α,β-unsaturated/α-hetero) is 1. The lowest BCUT2D eigenvalue weighted by molar-refractivity contribution is 0.100. The van der Waals surface area contributed by atoms with E-state index in [1.165, 1.54) is 11.6 Å². The van der Waals surface area contributed by atoms with Crippen LogP contribution in [0.4, 0.5) is 0 Å². The lowest BCUT2D eigenvalue weighted by atomic mass is 9.85. The van der Waals surface area contributed by atoms with Gasteiger partial charge in [-0.1, -0.05) is 53.6 Å². The molecule has 1 aliphatic carbocycles. The first-order valence-corrected chi connectivity index (χ1v) is 11.9. The Hall–Kier alpha value is -4.18. The van der Waals surface area contributed by atoms with Crippen LogP contribution in [0.5, 0.6) is 0 Å².